The van der Waals surface area contributed by atoms with E-state index >= 15 is 0 Å². The van der Waals surface area contributed by atoms with Crippen LogP contribution in [0.4, 0.5) is 0 Å². The van der Waals surface area contributed by atoms with Crippen molar-refractivity contribution in [2.45, 2.75) is 118 Å². The Bertz CT molecular complexity index is 693. The van der Waals surface area contributed by atoms with Crippen LogP contribution in [0.15, 0.2) is 11.6 Å². The topological polar surface area (TPSA) is 26.3 Å². The molecule has 0 aromatic heterocycles. The van der Waals surface area contributed by atoms with Gasteiger partial charge in [0.15, 0.2) is 0 Å². The van der Waals surface area contributed by atoms with Crippen LogP contribution in [0.5, 0.6) is 0 Å². The average molecular weight is 443 g/mol. The average Bonchev–Trinajstić information content (AvgIpc) is 3.10. The molecule has 9 atom stereocenters. The van der Waals surface area contributed by atoms with Crippen LogP contribution in [0, 0.1) is 52.8 Å². The van der Waals surface area contributed by atoms with Gasteiger partial charge in [-0.2, -0.15) is 0 Å². The standard InChI is InChI=1S/C30H50O2/c1-7-22(19(2)3)9-8-20(4)28-14-15-29-27-12-10-23-18-24(32-21(5)31)11-13-25(23)26(27)16-17-30(28,29)6/h10,19-20,22,24-29H,7-9,11-18H2,1-6H3/t20-,22+,24-,25-,26+,27+,28+,29-,30+/m0/s1. The van der Waals surface area contributed by atoms with Crippen LogP contribution in [-0.2, 0) is 9.53 Å². The summed E-state index contributed by atoms with van der Waals surface area (Å²) in [6.07, 6.45) is 17.4. The van der Waals surface area contributed by atoms with Crippen LogP contribution < -0.4 is 0 Å². The van der Waals surface area contributed by atoms with E-state index in [1.165, 1.54) is 57.8 Å². The van der Waals surface area contributed by atoms with Gasteiger partial charge >= 0.3 is 5.97 Å². The van der Waals surface area contributed by atoms with E-state index in [1.54, 1.807) is 12.5 Å². The number of rotatable bonds is 7. The summed E-state index contributed by atoms with van der Waals surface area (Å²) in [4.78, 5) is 11.4. The molecular formula is C30H50O2. The fraction of sp³-hybridized carbons (Fsp3) is 0.900. The van der Waals surface area contributed by atoms with Crippen molar-refractivity contribution < 1.29 is 9.53 Å². The van der Waals surface area contributed by atoms with E-state index in [9.17, 15) is 4.79 Å². The summed E-state index contributed by atoms with van der Waals surface area (Å²) in [6.45, 7) is 14.1. The smallest absolute Gasteiger partial charge is 0.302 e. The molecule has 0 aromatic carbocycles. The molecule has 3 fully saturated rings. The molecule has 182 valence electrons. The van der Waals surface area contributed by atoms with Crippen LogP contribution in [-0.4, -0.2) is 12.1 Å². The van der Waals surface area contributed by atoms with Gasteiger partial charge in [-0.15, -0.1) is 0 Å². The predicted molar refractivity (Wildman–Crippen MR) is 133 cm³/mol. The van der Waals surface area contributed by atoms with Crippen LogP contribution in [0.1, 0.15) is 112 Å². The molecule has 0 amide bonds. The minimum atomic E-state index is -0.110. The number of hydrogen-bond acceptors (Lipinski definition) is 2. The molecular weight excluding hydrogens is 392 g/mol. The fourth-order valence-electron chi connectivity index (χ4n) is 9.23. The lowest BCUT2D eigenvalue weighted by atomic mass is 9.51. The molecule has 0 heterocycles. The van der Waals surface area contributed by atoms with Crippen molar-refractivity contribution in [3.63, 3.8) is 0 Å². The molecule has 0 saturated heterocycles. The van der Waals surface area contributed by atoms with Crippen LogP contribution >= 0.6 is 0 Å². The number of ether oxygens (including phenoxy) is 1. The molecule has 4 rings (SSSR count). The molecule has 0 aromatic rings. The monoisotopic (exact) mass is 442 g/mol. The maximum atomic E-state index is 11.4. The van der Waals surface area contributed by atoms with Gasteiger partial charge in [0.05, 0.1) is 0 Å². The summed E-state index contributed by atoms with van der Waals surface area (Å²) in [5.74, 6) is 6.95. The van der Waals surface area contributed by atoms with Crippen molar-refractivity contribution in [3.8, 4) is 0 Å². The Morgan fingerprint density at radius 2 is 1.88 bits per heavy atom. The van der Waals surface area contributed by atoms with E-state index in [0.29, 0.717) is 5.41 Å². The Labute approximate surface area is 198 Å². The molecule has 3 saturated carbocycles. The zero-order valence-corrected chi connectivity index (χ0v) is 21.9. The summed E-state index contributed by atoms with van der Waals surface area (Å²) < 4.78 is 5.58. The summed E-state index contributed by atoms with van der Waals surface area (Å²) in [5.41, 5.74) is 2.20. The quantitative estimate of drug-likeness (QED) is 0.293. The first-order chi connectivity index (χ1) is 15.2. The molecule has 4 aliphatic rings. The first kappa shape index (κ1) is 24.3. The Morgan fingerprint density at radius 3 is 2.56 bits per heavy atom. The van der Waals surface area contributed by atoms with Crippen molar-refractivity contribution in [2.24, 2.45) is 52.8 Å². The number of allylic oxidation sites excluding steroid dienone is 1. The van der Waals surface area contributed by atoms with Gasteiger partial charge in [-0.25, -0.2) is 0 Å². The summed E-state index contributed by atoms with van der Waals surface area (Å²) >= 11 is 0. The number of fused-ring (bicyclic) bond motifs is 5. The van der Waals surface area contributed by atoms with Gasteiger partial charge < -0.3 is 4.74 Å². The molecule has 4 aliphatic carbocycles. The third-order valence-electron chi connectivity index (χ3n) is 11.0. The first-order valence-electron chi connectivity index (χ1n) is 14.1. The van der Waals surface area contributed by atoms with Gasteiger partial charge in [0.2, 0.25) is 0 Å². The van der Waals surface area contributed by atoms with Crippen LogP contribution in [0.25, 0.3) is 0 Å². The van der Waals surface area contributed by atoms with Gasteiger partial charge in [0, 0.05) is 13.3 Å². The van der Waals surface area contributed by atoms with Gasteiger partial charge in [-0.05, 0) is 104 Å². The molecule has 0 spiro atoms. The lowest BCUT2D eigenvalue weighted by Gasteiger charge is -2.54. The molecule has 2 heteroatoms. The third-order valence-corrected chi connectivity index (χ3v) is 11.0. The van der Waals surface area contributed by atoms with E-state index in [4.69, 9.17) is 4.74 Å². The second-order valence-corrected chi connectivity index (χ2v) is 12.8. The minimum Gasteiger partial charge on any atom is -0.462 e. The highest BCUT2D eigenvalue weighted by Crippen LogP contribution is 2.64. The second-order valence-electron chi connectivity index (χ2n) is 12.8. The highest BCUT2D eigenvalue weighted by molar-refractivity contribution is 5.66. The Kier molecular flexibility index (Phi) is 7.48. The zero-order chi connectivity index (χ0) is 23.0. The fourth-order valence-corrected chi connectivity index (χ4v) is 9.23. The number of carbonyl (C=O) groups is 1. The molecule has 0 unspecified atom stereocenters. The SMILES string of the molecule is CC[C@H](CC[C@H](C)[C@H]1CC[C@H]2[C@@H]3CC=C4C[C@@H](OC(C)=O)CC[C@@H]4[C@H]3CC[C@]12C)C(C)C. The molecule has 2 nitrogen and oxygen atoms in total. The van der Waals surface area contributed by atoms with E-state index in [1.807, 2.05) is 0 Å². The molecule has 0 radical (unpaired) electrons. The summed E-state index contributed by atoms with van der Waals surface area (Å²) in [7, 11) is 0. The normalized spacial score (nSPS) is 40.7. The second kappa shape index (κ2) is 9.83. The lowest BCUT2D eigenvalue weighted by molar-refractivity contribution is -0.147. The number of esters is 1. The molecule has 0 bridgehead atoms. The predicted octanol–water partition coefficient (Wildman–Crippen LogP) is 8.21. The van der Waals surface area contributed by atoms with Crippen LogP contribution in [0.2, 0.25) is 0 Å². The van der Waals surface area contributed by atoms with Crippen molar-refractivity contribution in [3.05, 3.63) is 11.6 Å². The van der Waals surface area contributed by atoms with Gasteiger partial charge in [-0.1, -0.05) is 59.1 Å². The van der Waals surface area contributed by atoms with Crippen molar-refractivity contribution >= 4 is 5.97 Å². The van der Waals surface area contributed by atoms with Gasteiger partial charge in [-0.3, -0.25) is 4.79 Å². The van der Waals surface area contributed by atoms with Gasteiger partial charge in [0.1, 0.15) is 6.10 Å². The number of hydrogen-bond donors (Lipinski definition) is 0. The largest absolute Gasteiger partial charge is 0.462 e. The highest BCUT2D eigenvalue weighted by atomic mass is 16.5. The van der Waals surface area contributed by atoms with E-state index in [0.717, 1.165) is 60.2 Å². The zero-order valence-electron chi connectivity index (χ0n) is 21.9. The van der Waals surface area contributed by atoms with Crippen molar-refractivity contribution in [1.82, 2.24) is 0 Å². The van der Waals surface area contributed by atoms with Crippen molar-refractivity contribution in [1.29, 1.82) is 0 Å². The minimum absolute atomic E-state index is 0.110. The van der Waals surface area contributed by atoms with Crippen LogP contribution in [0.3, 0.4) is 0 Å². The first-order valence-corrected chi connectivity index (χ1v) is 14.1. The lowest BCUT2D eigenvalue weighted by Crippen LogP contribution is -2.47. The maximum Gasteiger partial charge on any atom is 0.302 e. The Morgan fingerprint density at radius 1 is 1.09 bits per heavy atom. The third kappa shape index (κ3) is 4.58. The molecule has 0 aliphatic heterocycles. The van der Waals surface area contributed by atoms with Gasteiger partial charge in [0.25, 0.3) is 0 Å². The Balaban J connectivity index is 1.41. The maximum absolute atomic E-state index is 11.4. The summed E-state index contributed by atoms with van der Waals surface area (Å²) in [5, 5.41) is 0. The molecule has 32 heavy (non-hydrogen) atoms. The van der Waals surface area contributed by atoms with E-state index < -0.39 is 0 Å². The number of carbonyl (C=O) groups excluding carboxylic acids is 1. The van der Waals surface area contributed by atoms with E-state index in [-0.39, 0.29) is 12.1 Å². The molecule has 0 N–H and O–H groups in total. The summed E-state index contributed by atoms with van der Waals surface area (Å²) in [6, 6.07) is 0. The Hall–Kier alpha value is -0.790. The van der Waals surface area contributed by atoms with E-state index in [2.05, 4.69) is 40.7 Å². The van der Waals surface area contributed by atoms with Crippen molar-refractivity contribution in [2.75, 3.05) is 0 Å². The highest BCUT2D eigenvalue weighted by Gasteiger charge is 2.56.